The molecule has 2 aromatic carbocycles. The molecular weight excluding hydrogens is 318 g/mol. The molecule has 0 saturated carbocycles. The van der Waals surface area contributed by atoms with Crippen molar-refractivity contribution in [1.29, 1.82) is 0 Å². The average Bonchev–Trinajstić information content (AvgIpc) is 2.42. The van der Waals surface area contributed by atoms with Crippen LogP contribution in [0.15, 0.2) is 40.9 Å². The molecule has 0 aliphatic rings. The molecule has 2 rings (SSSR count). The molecule has 0 fully saturated rings. The topological polar surface area (TPSA) is 38.3 Å². The second-order valence-corrected chi connectivity index (χ2v) is 5.47. The maximum absolute atomic E-state index is 12.3. The van der Waals surface area contributed by atoms with Gasteiger partial charge in [0.25, 0.3) is 5.91 Å². The molecular formula is C16H16BrNO2. The summed E-state index contributed by atoms with van der Waals surface area (Å²) in [6.45, 7) is 4.00. The Balaban J connectivity index is 2.28. The fraction of sp³-hybridized carbons (Fsp3) is 0.188. The van der Waals surface area contributed by atoms with E-state index in [0.29, 0.717) is 11.3 Å². The number of anilines is 1. The summed E-state index contributed by atoms with van der Waals surface area (Å²) < 4.78 is 5.89. The molecule has 104 valence electrons. The molecule has 0 spiro atoms. The van der Waals surface area contributed by atoms with Crippen LogP contribution in [0.4, 0.5) is 5.69 Å². The standard InChI is InChI=1S/C16H16BrNO2/c1-10-4-7-15(11(2)8-10)18-16(19)13-9-12(20-3)5-6-14(13)17/h4-9H,1-3H3,(H,18,19). The summed E-state index contributed by atoms with van der Waals surface area (Å²) in [7, 11) is 1.58. The zero-order valence-corrected chi connectivity index (χ0v) is 13.2. The molecule has 4 heteroatoms. The number of hydrogen-bond donors (Lipinski definition) is 1. The molecule has 1 amide bonds. The lowest BCUT2D eigenvalue weighted by molar-refractivity contribution is 0.102. The second-order valence-electron chi connectivity index (χ2n) is 4.62. The van der Waals surface area contributed by atoms with E-state index in [-0.39, 0.29) is 5.91 Å². The van der Waals surface area contributed by atoms with E-state index in [1.54, 1.807) is 25.3 Å². The van der Waals surface area contributed by atoms with Crippen LogP contribution in [0.1, 0.15) is 21.5 Å². The first kappa shape index (κ1) is 14.6. The third kappa shape index (κ3) is 3.20. The number of hydrogen-bond acceptors (Lipinski definition) is 2. The number of nitrogens with one attached hydrogen (secondary N) is 1. The van der Waals surface area contributed by atoms with Gasteiger partial charge in [0.1, 0.15) is 5.75 Å². The molecule has 0 aliphatic carbocycles. The van der Waals surface area contributed by atoms with Crippen molar-refractivity contribution in [2.24, 2.45) is 0 Å². The average molecular weight is 334 g/mol. The zero-order chi connectivity index (χ0) is 14.7. The van der Waals surface area contributed by atoms with Gasteiger partial charge in [-0.2, -0.15) is 0 Å². The molecule has 0 aliphatic heterocycles. The minimum Gasteiger partial charge on any atom is -0.497 e. The fourth-order valence-corrected chi connectivity index (χ4v) is 2.38. The molecule has 0 unspecified atom stereocenters. The van der Waals surface area contributed by atoms with Crippen LogP contribution in [-0.4, -0.2) is 13.0 Å². The largest absolute Gasteiger partial charge is 0.497 e. The highest BCUT2D eigenvalue weighted by atomic mass is 79.9. The molecule has 0 atom stereocenters. The van der Waals surface area contributed by atoms with Crippen LogP contribution in [0, 0.1) is 13.8 Å². The van der Waals surface area contributed by atoms with Crippen LogP contribution in [0.2, 0.25) is 0 Å². The van der Waals surface area contributed by atoms with Gasteiger partial charge in [-0.15, -0.1) is 0 Å². The molecule has 0 bridgehead atoms. The van der Waals surface area contributed by atoms with Gasteiger partial charge in [-0.25, -0.2) is 0 Å². The predicted octanol–water partition coefficient (Wildman–Crippen LogP) is 4.33. The minimum atomic E-state index is -0.164. The van der Waals surface area contributed by atoms with E-state index in [1.165, 1.54) is 5.56 Å². The Morgan fingerprint density at radius 1 is 1.15 bits per heavy atom. The summed E-state index contributed by atoms with van der Waals surface area (Å²) in [6.07, 6.45) is 0. The smallest absolute Gasteiger partial charge is 0.256 e. The number of benzene rings is 2. The van der Waals surface area contributed by atoms with Crippen molar-refractivity contribution >= 4 is 27.5 Å². The molecule has 0 saturated heterocycles. The van der Waals surface area contributed by atoms with Gasteiger partial charge in [-0.1, -0.05) is 17.7 Å². The molecule has 3 nitrogen and oxygen atoms in total. The van der Waals surface area contributed by atoms with Gasteiger partial charge in [0, 0.05) is 10.2 Å². The van der Waals surface area contributed by atoms with Gasteiger partial charge in [0.2, 0.25) is 0 Å². The van der Waals surface area contributed by atoms with Gasteiger partial charge < -0.3 is 10.1 Å². The van der Waals surface area contributed by atoms with Crippen molar-refractivity contribution in [3.8, 4) is 5.75 Å². The summed E-state index contributed by atoms with van der Waals surface area (Å²) in [6, 6.07) is 11.2. The van der Waals surface area contributed by atoms with Gasteiger partial charge in [-0.05, 0) is 59.6 Å². The Kier molecular flexibility index (Phi) is 4.45. The number of methoxy groups -OCH3 is 1. The lowest BCUT2D eigenvalue weighted by Crippen LogP contribution is -2.13. The molecule has 1 N–H and O–H groups in total. The van der Waals surface area contributed by atoms with E-state index >= 15 is 0 Å². The predicted molar refractivity (Wildman–Crippen MR) is 84.6 cm³/mol. The van der Waals surface area contributed by atoms with Gasteiger partial charge in [-0.3, -0.25) is 4.79 Å². The van der Waals surface area contributed by atoms with Crippen molar-refractivity contribution < 1.29 is 9.53 Å². The number of rotatable bonds is 3. The van der Waals surface area contributed by atoms with Crippen LogP contribution in [0.3, 0.4) is 0 Å². The van der Waals surface area contributed by atoms with Crippen molar-refractivity contribution in [1.82, 2.24) is 0 Å². The fourth-order valence-electron chi connectivity index (χ4n) is 1.95. The highest BCUT2D eigenvalue weighted by Gasteiger charge is 2.12. The second kappa shape index (κ2) is 6.09. The Labute approximate surface area is 127 Å². The highest BCUT2D eigenvalue weighted by molar-refractivity contribution is 9.10. The summed E-state index contributed by atoms with van der Waals surface area (Å²) >= 11 is 3.39. The zero-order valence-electron chi connectivity index (χ0n) is 11.7. The quantitative estimate of drug-likeness (QED) is 0.907. The highest BCUT2D eigenvalue weighted by Crippen LogP contribution is 2.24. The van der Waals surface area contributed by atoms with Crippen LogP contribution in [0.25, 0.3) is 0 Å². The summed E-state index contributed by atoms with van der Waals surface area (Å²) in [5, 5.41) is 2.92. The van der Waals surface area contributed by atoms with Crippen molar-refractivity contribution in [2.45, 2.75) is 13.8 Å². The molecule has 0 aromatic heterocycles. The summed E-state index contributed by atoms with van der Waals surface area (Å²) in [5.74, 6) is 0.488. The Bertz CT molecular complexity index is 653. The maximum atomic E-state index is 12.3. The Hall–Kier alpha value is -1.81. The lowest BCUT2D eigenvalue weighted by Gasteiger charge is -2.11. The van der Waals surface area contributed by atoms with Gasteiger partial charge in [0.05, 0.1) is 12.7 Å². The van der Waals surface area contributed by atoms with Crippen LogP contribution < -0.4 is 10.1 Å². The van der Waals surface area contributed by atoms with E-state index in [1.807, 2.05) is 32.0 Å². The van der Waals surface area contributed by atoms with Crippen molar-refractivity contribution in [3.05, 3.63) is 57.6 Å². The third-order valence-corrected chi connectivity index (χ3v) is 3.74. The number of aryl methyl sites for hydroxylation is 2. The number of carbonyl (C=O) groups is 1. The number of carbonyl (C=O) groups excluding carboxylic acids is 1. The molecule has 0 heterocycles. The molecule has 2 aromatic rings. The maximum Gasteiger partial charge on any atom is 0.256 e. The molecule has 20 heavy (non-hydrogen) atoms. The number of amides is 1. The third-order valence-electron chi connectivity index (χ3n) is 3.05. The monoisotopic (exact) mass is 333 g/mol. The number of halogens is 1. The van der Waals surface area contributed by atoms with Crippen LogP contribution >= 0.6 is 15.9 Å². The van der Waals surface area contributed by atoms with E-state index in [0.717, 1.165) is 15.7 Å². The SMILES string of the molecule is COc1ccc(Br)c(C(=O)Nc2ccc(C)cc2C)c1. The van der Waals surface area contributed by atoms with Crippen molar-refractivity contribution in [2.75, 3.05) is 12.4 Å². The molecule has 0 radical (unpaired) electrons. The van der Waals surface area contributed by atoms with E-state index < -0.39 is 0 Å². The van der Waals surface area contributed by atoms with Crippen LogP contribution in [-0.2, 0) is 0 Å². The van der Waals surface area contributed by atoms with E-state index in [9.17, 15) is 4.79 Å². The van der Waals surface area contributed by atoms with Gasteiger partial charge in [0.15, 0.2) is 0 Å². The van der Waals surface area contributed by atoms with Gasteiger partial charge >= 0.3 is 0 Å². The van der Waals surface area contributed by atoms with E-state index in [4.69, 9.17) is 4.74 Å². The first-order valence-corrected chi connectivity index (χ1v) is 7.02. The normalized spacial score (nSPS) is 10.2. The van der Waals surface area contributed by atoms with Crippen molar-refractivity contribution in [3.63, 3.8) is 0 Å². The summed E-state index contributed by atoms with van der Waals surface area (Å²) in [4.78, 5) is 12.3. The first-order chi connectivity index (χ1) is 9.51. The first-order valence-electron chi connectivity index (χ1n) is 6.23. The Morgan fingerprint density at radius 3 is 2.55 bits per heavy atom. The van der Waals surface area contributed by atoms with E-state index in [2.05, 4.69) is 21.2 Å². The summed E-state index contributed by atoms with van der Waals surface area (Å²) in [5.41, 5.74) is 3.57. The lowest BCUT2D eigenvalue weighted by atomic mass is 10.1. The number of ether oxygens (including phenoxy) is 1. The van der Waals surface area contributed by atoms with Crippen LogP contribution in [0.5, 0.6) is 5.75 Å². The minimum absolute atomic E-state index is 0.164. The Morgan fingerprint density at radius 2 is 1.90 bits per heavy atom.